The van der Waals surface area contributed by atoms with E-state index in [1.807, 2.05) is 18.3 Å². The monoisotopic (exact) mass is 142 g/mol. The average Bonchev–Trinajstić information content (AvgIpc) is 2.50. The van der Waals surface area contributed by atoms with Gasteiger partial charge in [0.25, 0.3) is 0 Å². The quantitative estimate of drug-likeness (QED) is 0.544. The van der Waals surface area contributed by atoms with Crippen molar-refractivity contribution in [2.45, 2.75) is 6.42 Å². The Morgan fingerprint density at radius 1 is 1.45 bits per heavy atom. The van der Waals surface area contributed by atoms with Gasteiger partial charge >= 0.3 is 0 Å². The van der Waals surface area contributed by atoms with Gasteiger partial charge in [-0.1, -0.05) is 0 Å². The van der Waals surface area contributed by atoms with Crippen molar-refractivity contribution in [2.24, 2.45) is 4.99 Å². The van der Waals surface area contributed by atoms with Crippen molar-refractivity contribution in [3.63, 3.8) is 0 Å². The number of hydrogen-bond donors (Lipinski definition) is 0. The van der Waals surface area contributed by atoms with E-state index in [1.165, 1.54) is 0 Å². The molecular formula is C9H6N2. The fourth-order valence-electron chi connectivity index (χ4n) is 1.19. The Kier molecular flexibility index (Phi) is 1.23. The molecule has 1 heterocycles. The first kappa shape index (κ1) is 6.11. The third-order valence-electron chi connectivity index (χ3n) is 1.75. The lowest BCUT2D eigenvalue weighted by Crippen LogP contribution is -1.80. The van der Waals surface area contributed by atoms with Gasteiger partial charge in [0.15, 0.2) is 0 Å². The molecule has 0 saturated heterocycles. The molecule has 0 aliphatic carbocycles. The van der Waals surface area contributed by atoms with Crippen LogP contribution in [-0.2, 0) is 6.42 Å². The lowest BCUT2D eigenvalue weighted by molar-refractivity contribution is 1.38. The molecular weight excluding hydrogens is 136 g/mol. The molecule has 2 heteroatoms. The second-order valence-corrected chi connectivity index (χ2v) is 2.47. The zero-order valence-corrected chi connectivity index (χ0v) is 5.91. The number of aliphatic imine (C=N–C) groups is 1. The van der Waals surface area contributed by atoms with Crippen molar-refractivity contribution in [1.29, 1.82) is 5.26 Å². The van der Waals surface area contributed by atoms with E-state index in [2.05, 4.69) is 11.1 Å². The molecule has 0 N–H and O–H groups in total. The Morgan fingerprint density at radius 2 is 2.36 bits per heavy atom. The van der Waals surface area contributed by atoms with E-state index in [-0.39, 0.29) is 0 Å². The van der Waals surface area contributed by atoms with E-state index in [9.17, 15) is 0 Å². The number of fused-ring (bicyclic) bond motifs is 1. The van der Waals surface area contributed by atoms with E-state index in [4.69, 9.17) is 5.26 Å². The molecule has 0 bridgehead atoms. The molecule has 1 aliphatic heterocycles. The van der Waals surface area contributed by atoms with Crippen LogP contribution in [0.15, 0.2) is 23.2 Å². The molecule has 0 aromatic heterocycles. The standard InChI is InChI=1S/C9H6N2/c10-6-7-1-2-9-8(5-7)3-4-11-9/h1-2,4-5H,3H2. The first-order chi connectivity index (χ1) is 5.40. The van der Waals surface area contributed by atoms with E-state index >= 15 is 0 Å². The SMILES string of the molecule is N#Cc1ccc2c(c1)CC=N2. The van der Waals surface area contributed by atoms with Crippen molar-refractivity contribution in [3.05, 3.63) is 29.3 Å². The first-order valence-electron chi connectivity index (χ1n) is 3.46. The second-order valence-electron chi connectivity index (χ2n) is 2.47. The van der Waals surface area contributed by atoms with Crippen LogP contribution in [0, 0.1) is 11.3 Å². The highest BCUT2D eigenvalue weighted by molar-refractivity contribution is 5.76. The Bertz CT molecular complexity index is 358. The van der Waals surface area contributed by atoms with Gasteiger partial charge in [0.2, 0.25) is 0 Å². The lowest BCUT2D eigenvalue weighted by Gasteiger charge is -1.94. The van der Waals surface area contributed by atoms with Crippen LogP contribution < -0.4 is 0 Å². The van der Waals surface area contributed by atoms with Gasteiger partial charge in [-0.15, -0.1) is 0 Å². The molecule has 0 fully saturated rings. The first-order valence-corrected chi connectivity index (χ1v) is 3.46. The van der Waals surface area contributed by atoms with Crippen molar-refractivity contribution < 1.29 is 0 Å². The summed E-state index contributed by atoms with van der Waals surface area (Å²) in [5, 5.41) is 8.58. The molecule has 0 unspecified atom stereocenters. The fraction of sp³-hybridized carbons (Fsp3) is 0.111. The summed E-state index contributed by atoms with van der Waals surface area (Å²) in [6.07, 6.45) is 2.73. The summed E-state index contributed by atoms with van der Waals surface area (Å²) in [7, 11) is 0. The zero-order chi connectivity index (χ0) is 7.68. The third-order valence-corrected chi connectivity index (χ3v) is 1.75. The summed E-state index contributed by atoms with van der Waals surface area (Å²) in [6, 6.07) is 7.67. The van der Waals surface area contributed by atoms with Crippen LogP contribution >= 0.6 is 0 Å². The maximum Gasteiger partial charge on any atom is 0.0991 e. The molecule has 2 nitrogen and oxygen atoms in total. The molecule has 1 aromatic carbocycles. The summed E-state index contributed by atoms with van der Waals surface area (Å²) < 4.78 is 0. The number of nitrogens with zero attached hydrogens (tertiary/aromatic N) is 2. The Balaban J connectivity index is 2.56. The average molecular weight is 142 g/mol. The van der Waals surface area contributed by atoms with E-state index in [0.29, 0.717) is 5.56 Å². The highest BCUT2D eigenvalue weighted by Gasteiger charge is 2.05. The smallest absolute Gasteiger partial charge is 0.0991 e. The van der Waals surface area contributed by atoms with Crippen LogP contribution in [0.5, 0.6) is 0 Å². The van der Waals surface area contributed by atoms with Gasteiger partial charge in [-0.25, -0.2) is 0 Å². The molecule has 0 saturated carbocycles. The minimum absolute atomic E-state index is 0.717. The van der Waals surface area contributed by atoms with Crippen molar-refractivity contribution in [1.82, 2.24) is 0 Å². The third kappa shape index (κ3) is 0.908. The predicted octanol–water partition coefficient (Wildman–Crippen LogP) is 1.82. The number of hydrogen-bond acceptors (Lipinski definition) is 2. The summed E-state index contributed by atoms with van der Waals surface area (Å²) in [5.41, 5.74) is 2.88. The minimum atomic E-state index is 0.717. The van der Waals surface area contributed by atoms with Crippen LogP contribution in [0.25, 0.3) is 0 Å². The molecule has 0 amide bonds. The van der Waals surface area contributed by atoms with E-state index < -0.39 is 0 Å². The number of benzene rings is 1. The maximum atomic E-state index is 8.58. The lowest BCUT2D eigenvalue weighted by atomic mass is 10.1. The molecule has 52 valence electrons. The maximum absolute atomic E-state index is 8.58. The van der Waals surface area contributed by atoms with Crippen LogP contribution in [0.1, 0.15) is 11.1 Å². The predicted molar refractivity (Wildman–Crippen MR) is 43.0 cm³/mol. The van der Waals surface area contributed by atoms with Crippen molar-refractivity contribution in [3.8, 4) is 6.07 Å². The van der Waals surface area contributed by atoms with Gasteiger partial charge < -0.3 is 0 Å². The van der Waals surface area contributed by atoms with Gasteiger partial charge in [0.1, 0.15) is 0 Å². The molecule has 0 atom stereocenters. The summed E-state index contributed by atoms with van der Waals surface area (Å²) in [4.78, 5) is 4.14. The van der Waals surface area contributed by atoms with Gasteiger partial charge in [-0.05, 0) is 23.8 Å². The Hall–Kier alpha value is -1.62. The van der Waals surface area contributed by atoms with Crippen molar-refractivity contribution >= 4 is 11.9 Å². The van der Waals surface area contributed by atoms with Gasteiger partial charge in [0.05, 0.1) is 17.3 Å². The molecule has 1 aliphatic rings. The topological polar surface area (TPSA) is 36.1 Å². The summed E-state index contributed by atoms with van der Waals surface area (Å²) in [5.74, 6) is 0. The van der Waals surface area contributed by atoms with Crippen LogP contribution in [-0.4, -0.2) is 6.21 Å². The van der Waals surface area contributed by atoms with Crippen molar-refractivity contribution in [2.75, 3.05) is 0 Å². The Labute approximate surface area is 64.8 Å². The van der Waals surface area contributed by atoms with E-state index in [0.717, 1.165) is 17.7 Å². The fourth-order valence-corrected chi connectivity index (χ4v) is 1.19. The molecule has 1 aromatic rings. The van der Waals surface area contributed by atoms with Crippen LogP contribution in [0.4, 0.5) is 5.69 Å². The highest BCUT2D eigenvalue weighted by atomic mass is 14.7. The second kappa shape index (κ2) is 2.21. The van der Waals surface area contributed by atoms with Gasteiger partial charge in [0, 0.05) is 12.6 Å². The number of rotatable bonds is 0. The van der Waals surface area contributed by atoms with E-state index in [1.54, 1.807) is 6.07 Å². The number of nitriles is 1. The Morgan fingerprint density at radius 3 is 3.18 bits per heavy atom. The minimum Gasteiger partial charge on any atom is -0.261 e. The molecule has 2 rings (SSSR count). The van der Waals surface area contributed by atoms with Gasteiger partial charge in [-0.2, -0.15) is 5.26 Å². The zero-order valence-electron chi connectivity index (χ0n) is 5.91. The highest BCUT2D eigenvalue weighted by Crippen LogP contribution is 2.24. The summed E-state index contributed by atoms with van der Waals surface area (Å²) >= 11 is 0. The molecule has 11 heavy (non-hydrogen) atoms. The van der Waals surface area contributed by atoms with Crippen LogP contribution in [0.2, 0.25) is 0 Å². The van der Waals surface area contributed by atoms with Gasteiger partial charge in [-0.3, -0.25) is 4.99 Å². The largest absolute Gasteiger partial charge is 0.261 e. The summed E-state index contributed by atoms with van der Waals surface area (Å²) in [6.45, 7) is 0. The molecule has 0 radical (unpaired) electrons. The normalized spacial score (nSPS) is 12.6. The molecule has 0 spiro atoms. The van der Waals surface area contributed by atoms with Crippen LogP contribution in [0.3, 0.4) is 0 Å².